The molecule has 0 unspecified atom stereocenters. The third-order valence-corrected chi connectivity index (χ3v) is 5.01. The van der Waals surface area contributed by atoms with Crippen molar-refractivity contribution in [3.05, 3.63) is 64.5 Å². The second-order valence-electron chi connectivity index (χ2n) is 4.78. The highest BCUT2D eigenvalue weighted by Gasteiger charge is 2.32. The maximum absolute atomic E-state index is 13.1. The number of nitro benzene ring substituents is 1. The van der Waals surface area contributed by atoms with E-state index in [4.69, 9.17) is 5.84 Å². The lowest BCUT2D eigenvalue weighted by Gasteiger charge is -2.23. The Morgan fingerprint density at radius 1 is 1.20 bits per heavy atom. The number of nitro groups is 1. The summed E-state index contributed by atoms with van der Waals surface area (Å²) in [7, 11) is -4.49. The molecule has 0 aliphatic carbocycles. The van der Waals surface area contributed by atoms with Gasteiger partial charge < -0.3 is 0 Å². The molecular weight excluding hydrogens is 355 g/mol. The van der Waals surface area contributed by atoms with Crippen LogP contribution >= 0.6 is 0 Å². The van der Waals surface area contributed by atoms with Crippen molar-refractivity contribution < 1.29 is 22.5 Å². The molecule has 0 saturated carbocycles. The van der Waals surface area contributed by atoms with E-state index in [1.54, 1.807) is 5.43 Å². The van der Waals surface area contributed by atoms with Crippen molar-refractivity contribution >= 4 is 27.3 Å². The first-order valence-corrected chi connectivity index (χ1v) is 8.22. The Bertz CT molecular complexity index is 902. The number of nitrogens with one attached hydrogen (secondary N) is 1. The van der Waals surface area contributed by atoms with Crippen LogP contribution in [0.3, 0.4) is 0 Å². The summed E-state index contributed by atoms with van der Waals surface area (Å²) in [6, 6.07) is 8.95. The predicted octanol–water partition coefficient (Wildman–Crippen LogP) is 0.919. The van der Waals surface area contributed by atoms with Gasteiger partial charge >= 0.3 is 0 Å². The molecule has 3 N–H and O–H groups in total. The van der Waals surface area contributed by atoms with Crippen molar-refractivity contribution in [1.82, 2.24) is 5.43 Å². The van der Waals surface area contributed by atoms with Gasteiger partial charge in [-0.1, -0.05) is 12.1 Å². The summed E-state index contributed by atoms with van der Waals surface area (Å²) in [6.45, 7) is -0.740. The van der Waals surface area contributed by atoms with Crippen LogP contribution in [0.25, 0.3) is 0 Å². The number of halogens is 1. The maximum Gasteiger partial charge on any atom is 0.289 e. The van der Waals surface area contributed by atoms with Crippen LogP contribution in [0.5, 0.6) is 0 Å². The lowest BCUT2D eigenvalue weighted by atomic mass is 10.3. The molecule has 0 fully saturated rings. The Kier molecular flexibility index (Phi) is 5.29. The number of nitrogens with zero attached hydrogens (tertiary/aromatic N) is 2. The van der Waals surface area contributed by atoms with Gasteiger partial charge in [0.25, 0.3) is 21.6 Å². The molecule has 0 saturated heterocycles. The monoisotopic (exact) mass is 368 g/mol. The first-order valence-electron chi connectivity index (χ1n) is 6.78. The zero-order valence-corrected chi connectivity index (χ0v) is 13.4. The van der Waals surface area contributed by atoms with Crippen LogP contribution in [0.1, 0.15) is 0 Å². The number of rotatable bonds is 6. The van der Waals surface area contributed by atoms with Crippen LogP contribution in [0.15, 0.2) is 53.4 Å². The smallest absolute Gasteiger partial charge is 0.289 e. The van der Waals surface area contributed by atoms with Crippen LogP contribution in [-0.2, 0) is 14.8 Å². The molecule has 1 amide bonds. The number of carbonyl (C=O) groups excluding carboxylic acids is 1. The minimum absolute atomic E-state index is 0.0526. The fourth-order valence-corrected chi connectivity index (χ4v) is 3.62. The molecule has 0 heterocycles. The number of hydrazine groups is 1. The molecule has 0 aliphatic heterocycles. The Balaban J connectivity index is 2.61. The number of hydrogen-bond acceptors (Lipinski definition) is 6. The maximum atomic E-state index is 13.1. The molecule has 2 aromatic rings. The standard InChI is InChI=1S/C14H13FN4O5S/c15-10-5-7-11(8-6-10)18(9-14(20)17-16)25(23,24)13-4-2-1-3-12(13)19(21)22/h1-8H,9,16H2,(H,17,20). The third-order valence-electron chi connectivity index (χ3n) is 3.19. The first-order chi connectivity index (χ1) is 11.8. The van der Waals surface area contributed by atoms with Crippen LogP contribution in [0.4, 0.5) is 15.8 Å². The molecule has 2 aromatic carbocycles. The Morgan fingerprint density at radius 2 is 1.80 bits per heavy atom. The number of hydrogen-bond donors (Lipinski definition) is 2. The van der Waals surface area contributed by atoms with Gasteiger partial charge in [-0.05, 0) is 30.3 Å². The predicted molar refractivity (Wildman–Crippen MR) is 86.4 cm³/mol. The average Bonchev–Trinajstić information content (AvgIpc) is 2.60. The van der Waals surface area contributed by atoms with E-state index in [1.807, 2.05) is 0 Å². The zero-order chi connectivity index (χ0) is 18.6. The SMILES string of the molecule is NNC(=O)CN(c1ccc(F)cc1)S(=O)(=O)c1ccccc1[N+](=O)[O-]. The molecule has 0 aliphatic rings. The summed E-state index contributed by atoms with van der Waals surface area (Å²) < 4.78 is 39.5. The van der Waals surface area contributed by atoms with Gasteiger partial charge in [-0.25, -0.2) is 18.7 Å². The summed E-state index contributed by atoms with van der Waals surface area (Å²) >= 11 is 0. The van der Waals surface area contributed by atoms with Gasteiger partial charge in [-0.3, -0.25) is 24.6 Å². The minimum atomic E-state index is -4.49. The van der Waals surface area contributed by atoms with Gasteiger partial charge in [-0.15, -0.1) is 0 Å². The minimum Gasteiger partial charge on any atom is -0.293 e. The summed E-state index contributed by atoms with van der Waals surface area (Å²) in [5.41, 5.74) is 1.08. The molecule has 0 radical (unpaired) electrons. The topological polar surface area (TPSA) is 136 Å². The molecule has 9 nitrogen and oxygen atoms in total. The normalized spacial score (nSPS) is 11.0. The molecule has 0 spiro atoms. The molecule has 0 bridgehead atoms. The average molecular weight is 368 g/mol. The summed E-state index contributed by atoms with van der Waals surface area (Å²) in [5.74, 6) is 3.52. The Morgan fingerprint density at radius 3 is 2.36 bits per heavy atom. The molecule has 132 valence electrons. The highest BCUT2D eigenvalue weighted by Crippen LogP contribution is 2.29. The van der Waals surface area contributed by atoms with Crippen molar-refractivity contribution in [1.29, 1.82) is 0 Å². The largest absolute Gasteiger partial charge is 0.293 e. The van der Waals surface area contributed by atoms with E-state index in [1.165, 1.54) is 12.1 Å². The fraction of sp³-hybridized carbons (Fsp3) is 0.0714. The zero-order valence-electron chi connectivity index (χ0n) is 12.6. The van der Waals surface area contributed by atoms with E-state index in [-0.39, 0.29) is 5.69 Å². The van der Waals surface area contributed by atoms with Crippen molar-refractivity contribution in [2.24, 2.45) is 5.84 Å². The number of amides is 1. The third kappa shape index (κ3) is 3.89. The Labute approximate surface area is 142 Å². The van der Waals surface area contributed by atoms with Gasteiger partial charge in [0.15, 0.2) is 4.90 Å². The molecule has 25 heavy (non-hydrogen) atoms. The first kappa shape index (κ1) is 18.3. The fourth-order valence-electron chi connectivity index (χ4n) is 2.04. The second kappa shape index (κ2) is 7.23. The molecule has 11 heteroatoms. The highest BCUT2D eigenvalue weighted by molar-refractivity contribution is 7.93. The van der Waals surface area contributed by atoms with Crippen molar-refractivity contribution in [2.45, 2.75) is 4.90 Å². The van der Waals surface area contributed by atoms with Crippen molar-refractivity contribution in [2.75, 3.05) is 10.8 Å². The quantitative estimate of drug-likeness (QED) is 0.337. The Hall–Kier alpha value is -3.05. The van der Waals surface area contributed by atoms with Crippen LogP contribution in [0, 0.1) is 15.9 Å². The number of anilines is 1. The van der Waals surface area contributed by atoms with Crippen LogP contribution < -0.4 is 15.6 Å². The van der Waals surface area contributed by atoms with Gasteiger partial charge in [-0.2, -0.15) is 0 Å². The van der Waals surface area contributed by atoms with Gasteiger partial charge in [0.1, 0.15) is 12.4 Å². The molecule has 2 rings (SSSR count). The molecular formula is C14H13FN4O5S. The van der Waals surface area contributed by atoms with Gasteiger partial charge in [0, 0.05) is 6.07 Å². The molecule has 0 aromatic heterocycles. The van der Waals surface area contributed by atoms with Gasteiger partial charge in [0.2, 0.25) is 0 Å². The van der Waals surface area contributed by atoms with E-state index in [0.29, 0.717) is 4.31 Å². The number of benzene rings is 2. The van der Waals surface area contributed by atoms with E-state index in [9.17, 15) is 27.7 Å². The number of para-hydroxylation sites is 1. The highest BCUT2D eigenvalue weighted by atomic mass is 32.2. The lowest BCUT2D eigenvalue weighted by molar-refractivity contribution is -0.387. The number of carbonyl (C=O) groups is 1. The van der Waals surface area contributed by atoms with E-state index in [0.717, 1.165) is 36.4 Å². The summed E-state index contributed by atoms with van der Waals surface area (Å²) in [6.07, 6.45) is 0. The number of nitrogens with two attached hydrogens (primary N) is 1. The van der Waals surface area contributed by atoms with E-state index in [2.05, 4.69) is 0 Å². The second-order valence-corrected chi connectivity index (χ2v) is 6.61. The van der Waals surface area contributed by atoms with Gasteiger partial charge in [0.05, 0.1) is 10.6 Å². The van der Waals surface area contributed by atoms with Crippen molar-refractivity contribution in [3.8, 4) is 0 Å². The summed E-state index contributed by atoms with van der Waals surface area (Å²) in [4.78, 5) is 21.3. The van der Waals surface area contributed by atoms with E-state index < -0.39 is 43.8 Å². The lowest BCUT2D eigenvalue weighted by Crippen LogP contribution is -2.43. The van der Waals surface area contributed by atoms with E-state index >= 15 is 0 Å². The van der Waals surface area contributed by atoms with Crippen molar-refractivity contribution in [3.63, 3.8) is 0 Å². The van der Waals surface area contributed by atoms with Crippen LogP contribution in [0.2, 0.25) is 0 Å². The summed E-state index contributed by atoms with van der Waals surface area (Å²) in [5, 5.41) is 11.1. The van der Waals surface area contributed by atoms with Crippen LogP contribution in [-0.4, -0.2) is 25.8 Å². The number of sulfonamides is 1. The molecule has 0 atom stereocenters.